The van der Waals surface area contributed by atoms with Crippen LogP contribution in [0, 0.1) is 11.8 Å². The highest BCUT2D eigenvalue weighted by atomic mass is 28.4. The van der Waals surface area contributed by atoms with E-state index in [0.29, 0.717) is 19.3 Å². The van der Waals surface area contributed by atoms with Crippen LogP contribution in [0.5, 0.6) is 0 Å². The molecule has 1 rings (SSSR count). The van der Waals surface area contributed by atoms with Crippen molar-refractivity contribution in [2.45, 2.75) is 123 Å². The minimum Gasteiger partial charge on any atom is -0.481 e. The van der Waals surface area contributed by atoms with Crippen molar-refractivity contribution in [1.82, 2.24) is 0 Å². The predicted octanol–water partition coefficient (Wildman–Crippen LogP) is 7.70. The first-order valence-electron chi connectivity index (χ1n) is 12.6. The fraction of sp³-hybridized carbons (Fsp3) is 0.778. The van der Waals surface area contributed by atoms with Crippen LogP contribution in [0.3, 0.4) is 0 Å². The summed E-state index contributed by atoms with van der Waals surface area (Å²) >= 11 is 0. The average molecular weight is 465 g/mol. The summed E-state index contributed by atoms with van der Waals surface area (Å²) in [6.45, 7) is 15.9. The lowest BCUT2D eigenvalue weighted by molar-refractivity contribution is -0.146. The summed E-state index contributed by atoms with van der Waals surface area (Å²) in [6, 6.07) is 0. The van der Waals surface area contributed by atoms with E-state index in [1.165, 1.54) is 12.8 Å². The van der Waals surface area contributed by atoms with Gasteiger partial charge in [-0.3, -0.25) is 9.59 Å². The SMILES string of the molecule is CCCCCC(C)(C=CCC=CCC[C@H](C(=O)O)[C@H]1CCCC1=O)O[Si](C)(C)C(C)(C)C. The summed E-state index contributed by atoms with van der Waals surface area (Å²) in [4.78, 5) is 23.5. The molecule has 0 aliphatic heterocycles. The van der Waals surface area contributed by atoms with E-state index in [-0.39, 0.29) is 22.3 Å². The van der Waals surface area contributed by atoms with E-state index in [0.717, 1.165) is 32.1 Å². The molecular formula is C27H48O4Si. The first-order chi connectivity index (χ1) is 14.8. The first kappa shape index (κ1) is 28.8. The molecule has 184 valence electrons. The van der Waals surface area contributed by atoms with E-state index in [1.807, 2.05) is 0 Å². The minimum absolute atomic E-state index is 0.133. The zero-order valence-corrected chi connectivity index (χ0v) is 22.7. The van der Waals surface area contributed by atoms with Crippen molar-refractivity contribution in [2.75, 3.05) is 0 Å². The number of Topliss-reactive ketones (excluding diaryl/α,β-unsaturated/α-hetero) is 1. The molecule has 0 spiro atoms. The van der Waals surface area contributed by atoms with Gasteiger partial charge >= 0.3 is 5.97 Å². The van der Waals surface area contributed by atoms with Crippen LogP contribution in [0.25, 0.3) is 0 Å². The van der Waals surface area contributed by atoms with Crippen molar-refractivity contribution in [1.29, 1.82) is 0 Å². The number of carboxylic acids is 1. The number of hydrogen-bond acceptors (Lipinski definition) is 3. The fourth-order valence-corrected chi connectivity index (χ4v) is 5.92. The number of carbonyl (C=O) groups is 2. The van der Waals surface area contributed by atoms with Crippen LogP contribution < -0.4 is 0 Å². The first-order valence-corrected chi connectivity index (χ1v) is 15.5. The summed E-state index contributed by atoms with van der Waals surface area (Å²) in [7, 11) is -1.88. The van der Waals surface area contributed by atoms with Gasteiger partial charge in [-0.05, 0) is 63.6 Å². The summed E-state index contributed by atoms with van der Waals surface area (Å²) in [5.41, 5.74) is -0.247. The largest absolute Gasteiger partial charge is 0.481 e. The second kappa shape index (κ2) is 12.9. The predicted molar refractivity (Wildman–Crippen MR) is 136 cm³/mol. The van der Waals surface area contributed by atoms with Crippen molar-refractivity contribution < 1.29 is 19.1 Å². The molecule has 1 saturated carbocycles. The second-order valence-electron chi connectivity index (χ2n) is 11.2. The van der Waals surface area contributed by atoms with Crippen LogP contribution >= 0.6 is 0 Å². The third-order valence-corrected chi connectivity index (χ3v) is 11.9. The molecular weight excluding hydrogens is 416 g/mol. The van der Waals surface area contributed by atoms with Crippen molar-refractivity contribution >= 4 is 20.1 Å². The molecule has 0 aromatic heterocycles. The molecule has 1 aliphatic carbocycles. The second-order valence-corrected chi connectivity index (χ2v) is 16.0. The monoisotopic (exact) mass is 464 g/mol. The number of unbranched alkanes of at least 4 members (excludes halogenated alkanes) is 2. The van der Waals surface area contributed by atoms with Gasteiger partial charge in [0.15, 0.2) is 8.32 Å². The van der Waals surface area contributed by atoms with Crippen LogP contribution in [0.4, 0.5) is 0 Å². The number of ketones is 1. The molecule has 0 heterocycles. The van der Waals surface area contributed by atoms with Gasteiger partial charge in [-0.25, -0.2) is 0 Å². The molecule has 0 radical (unpaired) electrons. The number of hydrogen-bond donors (Lipinski definition) is 1. The van der Waals surface area contributed by atoms with Gasteiger partial charge < -0.3 is 9.53 Å². The lowest BCUT2D eigenvalue weighted by atomic mass is 9.86. The lowest BCUT2D eigenvalue weighted by Gasteiger charge is -2.43. The molecule has 4 nitrogen and oxygen atoms in total. The fourth-order valence-electron chi connectivity index (χ4n) is 4.28. The topological polar surface area (TPSA) is 63.6 Å². The zero-order valence-electron chi connectivity index (χ0n) is 21.7. The Bertz CT molecular complexity index is 659. The Kier molecular flexibility index (Phi) is 11.6. The highest BCUT2D eigenvalue weighted by molar-refractivity contribution is 6.74. The van der Waals surface area contributed by atoms with E-state index < -0.39 is 20.2 Å². The Morgan fingerprint density at radius 1 is 1.19 bits per heavy atom. The van der Waals surface area contributed by atoms with Crippen LogP contribution in [-0.2, 0) is 14.0 Å². The number of aliphatic carboxylic acids is 1. The molecule has 3 atom stereocenters. The van der Waals surface area contributed by atoms with Crippen molar-refractivity contribution in [3.8, 4) is 0 Å². The van der Waals surface area contributed by atoms with Gasteiger partial charge in [0.2, 0.25) is 0 Å². The molecule has 1 aliphatic rings. The van der Waals surface area contributed by atoms with Crippen LogP contribution in [0.1, 0.15) is 98.8 Å². The molecule has 1 unspecified atom stereocenters. The van der Waals surface area contributed by atoms with Gasteiger partial charge in [-0.1, -0.05) is 71.3 Å². The summed E-state index contributed by atoms with van der Waals surface area (Å²) in [6.07, 6.45) is 17.4. The molecule has 32 heavy (non-hydrogen) atoms. The van der Waals surface area contributed by atoms with Gasteiger partial charge in [-0.2, -0.15) is 0 Å². The van der Waals surface area contributed by atoms with Crippen LogP contribution in [-0.4, -0.2) is 30.8 Å². The van der Waals surface area contributed by atoms with E-state index in [4.69, 9.17) is 4.43 Å². The third-order valence-electron chi connectivity index (χ3n) is 7.28. The van der Waals surface area contributed by atoms with E-state index in [2.05, 4.69) is 72.0 Å². The number of allylic oxidation sites excluding steroid dienone is 3. The van der Waals surface area contributed by atoms with Crippen molar-refractivity contribution in [2.24, 2.45) is 11.8 Å². The smallest absolute Gasteiger partial charge is 0.307 e. The maximum Gasteiger partial charge on any atom is 0.307 e. The molecule has 0 aromatic carbocycles. The van der Waals surface area contributed by atoms with Gasteiger partial charge in [0.1, 0.15) is 5.78 Å². The maximum atomic E-state index is 11.9. The standard InChI is InChI=1S/C27H48O4Si/c1-8-9-14-20-27(5,31-32(6,7)26(2,3)4)21-15-12-10-11-13-17-23(25(29)30)22-18-16-19-24(22)28/h10-11,15,21-23H,8-9,12-14,16-20H2,1-7H3,(H,29,30)/t22-,23+,27?/m1/s1. The molecule has 0 amide bonds. The molecule has 1 N–H and O–H groups in total. The number of rotatable bonds is 14. The Labute approximate surface area is 198 Å². The van der Waals surface area contributed by atoms with Gasteiger partial charge in [-0.15, -0.1) is 0 Å². The highest BCUT2D eigenvalue weighted by Gasteiger charge is 2.42. The number of carboxylic acid groups (broad SMARTS) is 1. The Morgan fingerprint density at radius 3 is 2.41 bits per heavy atom. The maximum absolute atomic E-state index is 11.9. The molecule has 0 aromatic rings. The zero-order chi connectivity index (χ0) is 24.4. The van der Waals surface area contributed by atoms with Gasteiger partial charge in [0.25, 0.3) is 0 Å². The van der Waals surface area contributed by atoms with Gasteiger partial charge in [0, 0.05) is 12.3 Å². The van der Waals surface area contributed by atoms with E-state index in [1.54, 1.807) is 0 Å². The third kappa shape index (κ3) is 9.34. The van der Waals surface area contributed by atoms with Gasteiger partial charge in [0.05, 0.1) is 11.5 Å². The minimum atomic E-state index is -1.88. The molecule has 0 bridgehead atoms. The van der Waals surface area contributed by atoms with Crippen molar-refractivity contribution in [3.05, 3.63) is 24.3 Å². The molecule has 5 heteroatoms. The average Bonchev–Trinajstić information content (AvgIpc) is 3.08. The summed E-state index contributed by atoms with van der Waals surface area (Å²) < 4.78 is 6.82. The van der Waals surface area contributed by atoms with Crippen LogP contribution in [0.15, 0.2) is 24.3 Å². The van der Waals surface area contributed by atoms with Crippen molar-refractivity contribution in [3.63, 3.8) is 0 Å². The number of carbonyl (C=O) groups excluding carboxylic acids is 1. The molecule has 1 fully saturated rings. The summed E-state index contributed by atoms with van der Waals surface area (Å²) in [5.74, 6) is -1.51. The Hall–Kier alpha value is -1.20. The normalized spacial score (nSPS) is 20.8. The molecule has 0 saturated heterocycles. The quantitative estimate of drug-likeness (QED) is 0.162. The van der Waals surface area contributed by atoms with Crippen LogP contribution in [0.2, 0.25) is 18.1 Å². The Morgan fingerprint density at radius 2 is 1.88 bits per heavy atom. The van der Waals surface area contributed by atoms with E-state index >= 15 is 0 Å². The van der Waals surface area contributed by atoms with E-state index in [9.17, 15) is 14.7 Å². The Balaban J connectivity index is 2.64. The highest BCUT2D eigenvalue weighted by Crippen LogP contribution is 2.40. The lowest BCUT2D eigenvalue weighted by Crippen LogP contribution is -2.47. The summed E-state index contributed by atoms with van der Waals surface area (Å²) in [5, 5.41) is 9.70.